The molecule has 4 rings (SSSR count). The summed E-state index contributed by atoms with van der Waals surface area (Å²) in [5, 5.41) is 9.02. The van der Waals surface area contributed by atoms with Gasteiger partial charge in [-0.15, -0.1) is 0 Å². The minimum atomic E-state index is -0.00518. The van der Waals surface area contributed by atoms with Gasteiger partial charge in [0.1, 0.15) is 0 Å². The molecule has 2 fully saturated rings. The lowest BCUT2D eigenvalue weighted by atomic mass is 9.76. The van der Waals surface area contributed by atoms with Gasteiger partial charge < -0.3 is 16.0 Å². The van der Waals surface area contributed by atoms with Crippen molar-refractivity contribution in [2.24, 2.45) is 11.8 Å². The molecule has 2 unspecified atom stereocenters. The van der Waals surface area contributed by atoms with Crippen molar-refractivity contribution >= 4 is 18.0 Å². The average Bonchev–Trinajstić information content (AvgIpc) is 3.31. The van der Waals surface area contributed by atoms with Gasteiger partial charge >= 0.3 is 0 Å². The van der Waals surface area contributed by atoms with Crippen LogP contribution in [0, 0.1) is 18.8 Å². The van der Waals surface area contributed by atoms with Crippen LogP contribution in [-0.4, -0.2) is 29.9 Å². The summed E-state index contributed by atoms with van der Waals surface area (Å²) >= 11 is 0. The zero-order valence-electron chi connectivity index (χ0n) is 18.3. The van der Waals surface area contributed by atoms with Crippen molar-refractivity contribution in [3.05, 3.63) is 59.9 Å². The monoisotopic (exact) mass is 422 g/mol. The van der Waals surface area contributed by atoms with E-state index in [9.17, 15) is 9.59 Å². The molecular formula is C25H34N4O2. The van der Waals surface area contributed by atoms with Gasteiger partial charge in [0.2, 0.25) is 12.3 Å². The Morgan fingerprint density at radius 3 is 2.55 bits per heavy atom. The highest BCUT2D eigenvalue weighted by Crippen LogP contribution is 2.36. The highest BCUT2D eigenvalue weighted by Gasteiger charge is 2.38. The van der Waals surface area contributed by atoms with Crippen LogP contribution in [0.4, 0.5) is 5.69 Å². The van der Waals surface area contributed by atoms with Crippen molar-refractivity contribution in [3.63, 3.8) is 0 Å². The second-order valence-corrected chi connectivity index (χ2v) is 8.46. The molecule has 2 heterocycles. The summed E-state index contributed by atoms with van der Waals surface area (Å²) in [7, 11) is 0. The molecule has 1 saturated carbocycles. The van der Waals surface area contributed by atoms with Gasteiger partial charge in [-0.1, -0.05) is 55.9 Å². The second-order valence-electron chi connectivity index (χ2n) is 8.46. The van der Waals surface area contributed by atoms with E-state index in [1.165, 1.54) is 37.7 Å². The molecule has 2 amide bonds. The third-order valence-electron chi connectivity index (χ3n) is 6.22. The molecule has 0 radical (unpaired) electrons. The summed E-state index contributed by atoms with van der Waals surface area (Å²) < 4.78 is 0. The Hall–Kier alpha value is -2.73. The number of amides is 2. The zero-order chi connectivity index (χ0) is 21.9. The van der Waals surface area contributed by atoms with E-state index < -0.39 is 0 Å². The number of carbonyl (C=O) groups is 2. The number of pyridine rings is 1. The van der Waals surface area contributed by atoms with E-state index in [-0.39, 0.29) is 11.9 Å². The topological polar surface area (TPSA) is 83.1 Å². The van der Waals surface area contributed by atoms with E-state index in [0.29, 0.717) is 18.9 Å². The first kappa shape index (κ1) is 22.9. The molecule has 2 atom stereocenters. The highest BCUT2D eigenvalue weighted by molar-refractivity contribution is 5.95. The van der Waals surface area contributed by atoms with Crippen molar-refractivity contribution < 1.29 is 9.59 Å². The summed E-state index contributed by atoms with van der Waals surface area (Å²) in [6, 6.07) is 13.6. The van der Waals surface area contributed by atoms with Gasteiger partial charge in [-0.2, -0.15) is 0 Å². The first-order chi connectivity index (χ1) is 15.2. The number of hydrogen-bond acceptors (Lipinski definition) is 4. The Balaban J connectivity index is 0.000000229. The van der Waals surface area contributed by atoms with Crippen LogP contribution in [0.1, 0.15) is 49.8 Å². The molecule has 31 heavy (non-hydrogen) atoms. The number of anilines is 1. The molecule has 1 aromatic carbocycles. The third-order valence-corrected chi connectivity index (χ3v) is 6.22. The second kappa shape index (κ2) is 12.2. The van der Waals surface area contributed by atoms with Crippen LogP contribution < -0.4 is 16.0 Å². The number of nitrogens with one attached hydrogen (secondary N) is 3. The lowest BCUT2D eigenvalue weighted by Gasteiger charge is -2.30. The molecule has 6 heteroatoms. The van der Waals surface area contributed by atoms with Crippen LogP contribution in [-0.2, 0) is 16.1 Å². The number of aryl methyl sites for hydroxylation is 1. The molecule has 6 nitrogen and oxygen atoms in total. The Bertz CT molecular complexity index is 804. The number of hydrogen-bond donors (Lipinski definition) is 3. The van der Waals surface area contributed by atoms with Gasteiger partial charge in [0.05, 0.1) is 18.3 Å². The lowest BCUT2D eigenvalue weighted by molar-refractivity contribution is -0.119. The molecular weight excluding hydrogens is 388 g/mol. The number of nitrogens with zero attached hydrogens (tertiary/aromatic N) is 1. The Labute approximate surface area is 185 Å². The molecule has 166 valence electrons. The number of aromatic nitrogens is 1. The fourth-order valence-electron chi connectivity index (χ4n) is 4.59. The molecule has 3 N–H and O–H groups in total. The molecule has 1 aromatic heterocycles. The molecule has 1 aliphatic carbocycles. The average molecular weight is 423 g/mol. The number of carbonyl (C=O) groups excluding carboxylic acids is 2. The summed E-state index contributed by atoms with van der Waals surface area (Å²) in [5.41, 5.74) is 2.99. The molecule has 2 aliphatic rings. The van der Waals surface area contributed by atoms with Gasteiger partial charge in [0, 0.05) is 11.9 Å². The predicted molar refractivity (Wildman–Crippen MR) is 123 cm³/mol. The first-order valence-corrected chi connectivity index (χ1v) is 11.3. The minimum absolute atomic E-state index is 0.00518. The van der Waals surface area contributed by atoms with Crippen molar-refractivity contribution in [1.29, 1.82) is 0 Å². The Morgan fingerprint density at radius 1 is 1.10 bits per heavy atom. The highest BCUT2D eigenvalue weighted by atomic mass is 16.2. The van der Waals surface area contributed by atoms with E-state index in [1.807, 2.05) is 42.5 Å². The standard InChI is InChI=1S/C18H26N2O.C7H8N2O/c1-13-7-9-15(10-8-13)20-18(21)17-16(11-12-19-17)14-5-3-2-4-6-14;10-6-8-5-7-3-1-2-4-9-7/h7-10,14,16-17,19H,2-6,11-12H2,1H3,(H,20,21);1-4,6H,5H2,(H,8,10). The van der Waals surface area contributed by atoms with E-state index in [1.54, 1.807) is 6.20 Å². The smallest absolute Gasteiger partial charge is 0.241 e. The predicted octanol–water partition coefficient (Wildman–Crippen LogP) is 3.82. The summed E-state index contributed by atoms with van der Waals surface area (Å²) in [6.07, 6.45) is 10.2. The molecule has 1 aliphatic heterocycles. The summed E-state index contributed by atoms with van der Waals surface area (Å²) in [5.74, 6) is 1.41. The summed E-state index contributed by atoms with van der Waals surface area (Å²) in [6.45, 7) is 3.54. The molecule has 0 bridgehead atoms. The van der Waals surface area contributed by atoms with E-state index in [4.69, 9.17) is 0 Å². The van der Waals surface area contributed by atoms with E-state index >= 15 is 0 Å². The van der Waals surface area contributed by atoms with Crippen LogP contribution in [0.25, 0.3) is 0 Å². The normalized spacial score (nSPS) is 20.9. The molecule has 0 spiro atoms. The number of benzene rings is 1. The quantitative estimate of drug-likeness (QED) is 0.618. The van der Waals surface area contributed by atoms with Crippen molar-refractivity contribution in [2.45, 2.75) is 58.0 Å². The minimum Gasteiger partial charge on any atom is -0.353 e. The van der Waals surface area contributed by atoms with Crippen LogP contribution in [0.2, 0.25) is 0 Å². The lowest BCUT2D eigenvalue weighted by Crippen LogP contribution is -2.42. The largest absolute Gasteiger partial charge is 0.353 e. The molecule has 2 aromatic rings. The SMILES string of the molecule is Cc1ccc(NC(=O)C2NCCC2C2CCCCC2)cc1.O=CNCc1ccccn1. The molecule has 1 saturated heterocycles. The maximum absolute atomic E-state index is 12.6. The fourth-order valence-corrected chi connectivity index (χ4v) is 4.59. The maximum atomic E-state index is 12.6. The van der Waals surface area contributed by atoms with Crippen LogP contribution in [0.15, 0.2) is 48.7 Å². The van der Waals surface area contributed by atoms with Gasteiger partial charge in [-0.3, -0.25) is 14.6 Å². The number of rotatable bonds is 6. The maximum Gasteiger partial charge on any atom is 0.241 e. The van der Waals surface area contributed by atoms with E-state index in [0.717, 1.165) is 30.3 Å². The van der Waals surface area contributed by atoms with Gasteiger partial charge in [-0.05, 0) is 56.0 Å². The zero-order valence-corrected chi connectivity index (χ0v) is 18.3. The van der Waals surface area contributed by atoms with Crippen molar-refractivity contribution in [3.8, 4) is 0 Å². The van der Waals surface area contributed by atoms with E-state index in [2.05, 4.69) is 27.9 Å². The van der Waals surface area contributed by atoms with Crippen LogP contribution >= 0.6 is 0 Å². The van der Waals surface area contributed by atoms with Crippen LogP contribution in [0.5, 0.6) is 0 Å². The van der Waals surface area contributed by atoms with Crippen molar-refractivity contribution in [1.82, 2.24) is 15.6 Å². The third kappa shape index (κ3) is 7.17. The van der Waals surface area contributed by atoms with Gasteiger partial charge in [0.25, 0.3) is 0 Å². The van der Waals surface area contributed by atoms with Crippen LogP contribution in [0.3, 0.4) is 0 Å². The Kier molecular flexibility index (Phi) is 9.03. The summed E-state index contributed by atoms with van der Waals surface area (Å²) in [4.78, 5) is 26.4. The van der Waals surface area contributed by atoms with Gasteiger partial charge in [0.15, 0.2) is 0 Å². The van der Waals surface area contributed by atoms with Crippen molar-refractivity contribution in [2.75, 3.05) is 11.9 Å². The fraction of sp³-hybridized carbons (Fsp3) is 0.480. The van der Waals surface area contributed by atoms with Gasteiger partial charge in [-0.25, -0.2) is 0 Å². The Morgan fingerprint density at radius 2 is 1.87 bits per heavy atom. The first-order valence-electron chi connectivity index (χ1n) is 11.3.